The van der Waals surface area contributed by atoms with Crippen molar-refractivity contribution in [2.24, 2.45) is 11.7 Å². The summed E-state index contributed by atoms with van der Waals surface area (Å²) in [6.07, 6.45) is 2.30. The second-order valence-corrected chi connectivity index (χ2v) is 3.75. The average molecular weight is 186 g/mol. The lowest BCUT2D eigenvalue weighted by Crippen LogP contribution is -2.43. The molecule has 3 unspecified atom stereocenters. The molecular weight excluding hydrogens is 168 g/mol. The Kier molecular flexibility index (Phi) is 3.69. The molecule has 13 heavy (non-hydrogen) atoms. The molecule has 1 amide bonds. The topological polar surface area (TPSA) is 75.4 Å². The summed E-state index contributed by atoms with van der Waals surface area (Å²) in [6, 6.07) is -0.0542. The number of carbonyl (C=O) groups is 1. The molecule has 0 heterocycles. The molecule has 0 aromatic carbocycles. The first-order chi connectivity index (χ1) is 6.15. The van der Waals surface area contributed by atoms with Crippen LogP contribution in [-0.2, 0) is 4.79 Å². The van der Waals surface area contributed by atoms with Crippen LogP contribution in [0.1, 0.15) is 26.2 Å². The minimum Gasteiger partial charge on any atom is -0.391 e. The average Bonchev–Trinajstić information content (AvgIpc) is 2.50. The van der Waals surface area contributed by atoms with Gasteiger partial charge in [-0.2, -0.15) is 0 Å². The summed E-state index contributed by atoms with van der Waals surface area (Å²) < 4.78 is 0. The zero-order valence-corrected chi connectivity index (χ0v) is 7.99. The van der Waals surface area contributed by atoms with E-state index in [4.69, 9.17) is 5.73 Å². The molecule has 3 atom stereocenters. The minimum absolute atomic E-state index is 0.0477. The second-order valence-electron chi connectivity index (χ2n) is 3.75. The minimum atomic E-state index is -0.367. The molecule has 1 aliphatic rings. The van der Waals surface area contributed by atoms with Crippen molar-refractivity contribution in [3.05, 3.63) is 0 Å². The maximum Gasteiger partial charge on any atom is 0.224 e. The van der Waals surface area contributed by atoms with E-state index in [1.165, 1.54) is 0 Å². The first kappa shape index (κ1) is 10.5. The molecule has 1 saturated carbocycles. The molecule has 4 heteroatoms. The number of amides is 1. The predicted molar refractivity (Wildman–Crippen MR) is 50.0 cm³/mol. The summed E-state index contributed by atoms with van der Waals surface area (Å²) in [6.45, 7) is 2.14. The lowest BCUT2D eigenvalue weighted by atomic mass is 10.1. The molecule has 0 aromatic heterocycles. The van der Waals surface area contributed by atoms with Crippen LogP contribution in [0.4, 0.5) is 0 Å². The molecule has 1 fully saturated rings. The fourth-order valence-corrected chi connectivity index (χ4v) is 1.54. The summed E-state index contributed by atoms with van der Waals surface area (Å²) in [4.78, 5) is 11.4. The molecule has 0 saturated heterocycles. The van der Waals surface area contributed by atoms with Gasteiger partial charge in [0.25, 0.3) is 0 Å². The van der Waals surface area contributed by atoms with Crippen LogP contribution in [0, 0.1) is 5.92 Å². The highest BCUT2D eigenvalue weighted by Crippen LogP contribution is 2.18. The molecule has 0 spiro atoms. The molecule has 0 aromatic rings. The number of hydrogen-bond donors (Lipinski definition) is 3. The van der Waals surface area contributed by atoms with Crippen LogP contribution in [-0.4, -0.2) is 29.7 Å². The Morgan fingerprint density at radius 2 is 2.38 bits per heavy atom. The van der Waals surface area contributed by atoms with Crippen molar-refractivity contribution < 1.29 is 9.90 Å². The summed E-state index contributed by atoms with van der Waals surface area (Å²) in [5.74, 6) is -0.207. The molecule has 4 nitrogen and oxygen atoms in total. The molecule has 0 aliphatic heterocycles. The quantitative estimate of drug-likeness (QED) is 0.562. The largest absolute Gasteiger partial charge is 0.391 e. The molecular formula is C9H18N2O2. The summed E-state index contributed by atoms with van der Waals surface area (Å²) in [7, 11) is 0. The maximum absolute atomic E-state index is 11.4. The maximum atomic E-state index is 11.4. The van der Waals surface area contributed by atoms with Gasteiger partial charge in [0.2, 0.25) is 5.91 Å². The van der Waals surface area contributed by atoms with E-state index in [-0.39, 0.29) is 24.0 Å². The van der Waals surface area contributed by atoms with Crippen LogP contribution in [0.5, 0.6) is 0 Å². The number of rotatable bonds is 3. The number of aliphatic hydroxyl groups excluding tert-OH is 1. The van der Waals surface area contributed by atoms with Gasteiger partial charge >= 0.3 is 0 Å². The number of carbonyl (C=O) groups excluding carboxylic acids is 1. The van der Waals surface area contributed by atoms with Crippen molar-refractivity contribution in [3.63, 3.8) is 0 Å². The summed E-state index contributed by atoms with van der Waals surface area (Å²) in [5, 5.41) is 12.3. The van der Waals surface area contributed by atoms with Gasteiger partial charge < -0.3 is 16.2 Å². The van der Waals surface area contributed by atoms with E-state index in [9.17, 15) is 9.90 Å². The van der Waals surface area contributed by atoms with Crippen LogP contribution in [0.15, 0.2) is 0 Å². The first-order valence-electron chi connectivity index (χ1n) is 4.83. The van der Waals surface area contributed by atoms with Gasteiger partial charge in [0.1, 0.15) is 0 Å². The zero-order chi connectivity index (χ0) is 9.84. The van der Waals surface area contributed by atoms with Crippen molar-refractivity contribution in [1.82, 2.24) is 5.32 Å². The molecule has 0 bridgehead atoms. The van der Waals surface area contributed by atoms with E-state index in [0.717, 1.165) is 19.3 Å². The molecule has 0 radical (unpaired) electrons. The Hall–Kier alpha value is -0.610. The van der Waals surface area contributed by atoms with E-state index < -0.39 is 0 Å². The van der Waals surface area contributed by atoms with E-state index in [0.29, 0.717) is 6.54 Å². The van der Waals surface area contributed by atoms with Gasteiger partial charge in [-0.3, -0.25) is 4.79 Å². The van der Waals surface area contributed by atoms with Crippen molar-refractivity contribution >= 4 is 5.91 Å². The Bertz CT molecular complexity index is 184. The van der Waals surface area contributed by atoms with Crippen LogP contribution in [0.25, 0.3) is 0 Å². The number of nitrogens with two attached hydrogens (primary N) is 1. The highest BCUT2D eigenvalue weighted by molar-refractivity contribution is 5.78. The highest BCUT2D eigenvalue weighted by atomic mass is 16.3. The Morgan fingerprint density at radius 3 is 2.85 bits per heavy atom. The standard InChI is InChI=1S/C9H18N2O2/c1-6(5-10)9(13)11-7-3-2-4-8(7)12/h6-8,12H,2-5,10H2,1H3,(H,11,13). The normalized spacial score (nSPS) is 30.1. The third kappa shape index (κ3) is 2.67. The number of nitrogens with one attached hydrogen (secondary N) is 1. The Labute approximate surface area is 78.5 Å². The van der Waals surface area contributed by atoms with Crippen LogP contribution in [0.3, 0.4) is 0 Å². The fourth-order valence-electron chi connectivity index (χ4n) is 1.54. The second kappa shape index (κ2) is 4.58. The zero-order valence-electron chi connectivity index (χ0n) is 7.99. The summed E-state index contributed by atoms with van der Waals surface area (Å²) >= 11 is 0. The molecule has 1 rings (SSSR count). The SMILES string of the molecule is CC(CN)C(=O)NC1CCCC1O. The predicted octanol–water partition coefficient (Wildman–Crippen LogP) is -0.389. The molecule has 4 N–H and O–H groups in total. The van der Waals surface area contributed by atoms with Gasteiger partial charge in [-0.1, -0.05) is 6.92 Å². The molecule has 76 valence electrons. The number of hydrogen-bond acceptors (Lipinski definition) is 3. The Balaban J connectivity index is 2.35. The summed E-state index contributed by atoms with van der Waals surface area (Å²) in [5.41, 5.74) is 5.36. The van der Waals surface area contributed by atoms with Crippen LogP contribution >= 0.6 is 0 Å². The van der Waals surface area contributed by atoms with Crippen molar-refractivity contribution in [2.45, 2.75) is 38.3 Å². The van der Waals surface area contributed by atoms with Gasteiger partial charge in [0.05, 0.1) is 12.1 Å². The van der Waals surface area contributed by atoms with E-state index in [1.807, 2.05) is 0 Å². The van der Waals surface area contributed by atoms with Crippen LogP contribution < -0.4 is 11.1 Å². The van der Waals surface area contributed by atoms with Gasteiger partial charge in [0, 0.05) is 12.5 Å². The van der Waals surface area contributed by atoms with Gasteiger partial charge in [-0.25, -0.2) is 0 Å². The smallest absolute Gasteiger partial charge is 0.224 e. The van der Waals surface area contributed by atoms with Crippen LogP contribution in [0.2, 0.25) is 0 Å². The number of aliphatic hydroxyl groups is 1. The van der Waals surface area contributed by atoms with Gasteiger partial charge in [-0.05, 0) is 19.3 Å². The monoisotopic (exact) mass is 186 g/mol. The van der Waals surface area contributed by atoms with Crippen molar-refractivity contribution in [3.8, 4) is 0 Å². The van der Waals surface area contributed by atoms with E-state index in [2.05, 4.69) is 5.32 Å². The molecule has 1 aliphatic carbocycles. The highest BCUT2D eigenvalue weighted by Gasteiger charge is 2.27. The van der Waals surface area contributed by atoms with Crippen molar-refractivity contribution in [1.29, 1.82) is 0 Å². The van der Waals surface area contributed by atoms with E-state index >= 15 is 0 Å². The fraction of sp³-hybridized carbons (Fsp3) is 0.889. The van der Waals surface area contributed by atoms with Crippen molar-refractivity contribution in [2.75, 3.05) is 6.54 Å². The third-order valence-electron chi connectivity index (χ3n) is 2.61. The lowest BCUT2D eigenvalue weighted by molar-refractivity contribution is -0.125. The van der Waals surface area contributed by atoms with Gasteiger partial charge in [-0.15, -0.1) is 0 Å². The third-order valence-corrected chi connectivity index (χ3v) is 2.61. The van der Waals surface area contributed by atoms with E-state index in [1.54, 1.807) is 6.92 Å². The lowest BCUT2D eigenvalue weighted by Gasteiger charge is -2.18. The first-order valence-corrected chi connectivity index (χ1v) is 4.83. The van der Waals surface area contributed by atoms with Gasteiger partial charge in [0.15, 0.2) is 0 Å². The Morgan fingerprint density at radius 1 is 1.69 bits per heavy atom.